The van der Waals surface area contributed by atoms with Gasteiger partial charge in [0.2, 0.25) is 0 Å². The van der Waals surface area contributed by atoms with Crippen molar-refractivity contribution in [1.82, 2.24) is 4.90 Å². The van der Waals surface area contributed by atoms with E-state index in [2.05, 4.69) is 36.7 Å². The van der Waals surface area contributed by atoms with Crippen molar-refractivity contribution in [3.63, 3.8) is 0 Å². The van der Waals surface area contributed by atoms with Crippen LogP contribution in [0.3, 0.4) is 0 Å². The minimum Gasteiger partial charge on any atom is -0.483 e. The number of halogens is 1. The molecule has 0 radical (unpaired) electrons. The largest absolute Gasteiger partial charge is 0.483 e. The normalized spacial score (nSPS) is 21.8. The summed E-state index contributed by atoms with van der Waals surface area (Å²) in [7, 11) is 0. The van der Waals surface area contributed by atoms with Crippen LogP contribution in [0.25, 0.3) is 0 Å². The smallest absolute Gasteiger partial charge is 0.260 e. The molecule has 1 amide bonds. The third-order valence-corrected chi connectivity index (χ3v) is 6.01. The molecule has 2 atom stereocenters. The van der Waals surface area contributed by atoms with Gasteiger partial charge in [-0.05, 0) is 76.6 Å². The van der Waals surface area contributed by atoms with Crippen molar-refractivity contribution >= 4 is 21.8 Å². The minimum atomic E-state index is 0.0947. The first kappa shape index (κ1) is 17.3. The monoisotopic (exact) mass is 367 g/mol. The Kier molecular flexibility index (Phi) is 5.54. The molecule has 122 valence electrons. The van der Waals surface area contributed by atoms with Gasteiger partial charge in [-0.3, -0.25) is 4.79 Å². The van der Waals surface area contributed by atoms with E-state index in [1.54, 1.807) is 0 Å². The quantitative estimate of drug-likeness (QED) is 0.784. The molecule has 0 N–H and O–H groups in total. The Morgan fingerprint density at radius 2 is 1.82 bits per heavy atom. The molecule has 1 aromatic rings. The summed E-state index contributed by atoms with van der Waals surface area (Å²) in [5.74, 6) is 0.904. The average molecular weight is 368 g/mol. The number of amides is 1. The van der Waals surface area contributed by atoms with Gasteiger partial charge in [-0.15, -0.1) is 0 Å². The Labute approximate surface area is 142 Å². The number of ether oxygens (including phenoxy) is 1. The summed E-state index contributed by atoms with van der Waals surface area (Å²) in [5.41, 5.74) is 3.39. The summed E-state index contributed by atoms with van der Waals surface area (Å²) in [6, 6.07) is 2.63. The maximum atomic E-state index is 12.5. The minimum absolute atomic E-state index is 0.0947. The van der Waals surface area contributed by atoms with Crippen LogP contribution in [0.15, 0.2) is 10.5 Å². The predicted molar refractivity (Wildman–Crippen MR) is 93.5 cm³/mol. The van der Waals surface area contributed by atoms with Gasteiger partial charge in [-0.2, -0.15) is 0 Å². The van der Waals surface area contributed by atoms with Crippen LogP contribution in [0.4, 0.5) is 0 Å². The van der Waals surface area contributed by atoms with Gasteiger partial charge < -0.3 is 9.64 Å². The van der Waals surface area contributed by atoms with Gasteiger partial charge in [0.05, 0.1) is 0 Å². The highest BCUT2D eigenvalue weighted by molar-refractivity contribution is 9.10. The summed E-state index contributed by atoms with van der Waals surface area (Å²) in [4.78, 5) is 14.5. The highest BCUT2D eigenvalue weighted by Gasteiger charge is 2.29. The molecule has 0 spiro atoms. The van der Waals surface area contributed by atoms with Gasteiger partial charge in [0.15, 0.2) is 6.61 Å². The van der Waals surface area contributed by atoms with Crippen LogP contribution in [-0.2, 0) is 4.79 Å². The Bertz CT molecular complexity index is 561. The van der Waals surface area contributed by atoms with E-state index in [0.29, 0.717) is 12.1 Å². The van der Waals surface area contributed by atoms with Crippen LogP contribution in [0.1, 0.15) is 49.8 Å². The molecule has 1 saturated heterocycles. The molecule has 3 nitrogen and oxygen atoms in total. The van der Waals surface area contributed by atoms with E-state index < -0.39 is 0 Å². The predicted octanol–water partition coefficient (Wildman–Crippen LogP) is 4.54. The van der Waals surface area contributed by atoms with Crippen LogP contribution < -0.4 is 4.74 Å². The van der Waals surface area contributed by atoms with E-state index in [0.717, 1.165) is 34.2 Å². The van der Waals surface area contributed by atoms with Crippen molar-refractivity contribution in [3.8, 4) is 5.75 Å². The second-order valence-corrected chi connectivity index (χ2v) is 7.27. The SMILES string of the molecule is Cc1cc(OCC(=O)N2[C@@H](C)CCC[C@@H]2C)c(C)c(C)c1Br. The number of hydrogen-bond acceptors (Lipinski definition) is 2. The number of rotatable bonds is 3. The molecule has 4 heteroatoms. The van der Waals surface area contributed by atoms with Gasteiger partial charge in [0.1, 0.15) is 5.75 Å². The zero-order valence-corrected chi connectivity index (χ0v) is 15.8. The lowest BCUT2D eigenvalue weighted by atomic mass is 9.97. The number of aryl methyl sites for hydroxylation is 1. The lowest BCUT2D eigenvalue weighted by Gasteiger charge is -2.39. The number of hydrogen-bond donors (Lipinski definition) is 0. The highest BCUT2D eigenvalue weighted by atomic mass is 79.9. The second kappa shape index (κ2) is 7.03. The number of piperidine rings is 1. The molecule has 0 aromatic heterocycles. The van der Waals surface area contributed by atoms with Gasteiger partial charge in [0, 0.05) is 16.6 Å². The zero-order valence-electron chi connectivity index (χ0n) is 14.2. The van der Waals surface area contributed by atoms with E-state index >= 15 is 0 Å². The summed E-state index contributed by atoms with van der Waals surface area (Å²) in [6.07, 6.45) is 3.38. The molecular weight excluding hydrogens is 342 g/mol. The Balaban J connectivity index is 2.08. The molecule has 2 rings (SSSR count). The van der Waals surface area contributed by atoms with Gasteiger partial charge in [-0.25, -0.2) is 0 Å². The van der Waals surface area contributed by atoms with E-state index in [-0.39, 0.29) is 12.5 Å². The molecule has 0 aliphatic carbocycles. The van der Waals surface area contributed by atoms with Crippen molar-refractivity contribution in [3.05, 3.63) is 27.2 Å². The Hall–Kier alpha value is -1.03. The third-order valence-electron chi connectivity index (χ3n) is 4.79. The fraction of sp³-hybridized carbons (Fsp3) is 0.611. The molecule has 1 aromatic carbocycles. The van der Waals surface area contributed by atoms with Crippen LogP contribution in [0.5, 0.6) is 5.75 Å². The summed E-state index contributed by atoms with van der Waals surface area (Å²) < 4.78 is 6.97. The van der Waals surface area contributed by atoms with Crippen molar-refractivity contribution < 1.29 is 9.53 Å². The molecular formula is C18H26BrNO2. The van der Waals surface area contributed by atoms with Crippen LogP contribution in [0.2, 0.25) is 0 Å². The molecule has 22 heavy (non-hydrogen) atoms. The van der Waals surface area contributed by atoms with E-state index in [9.17, 15) is 4.79 Å². The molecule has 0 bridgehead atoms. The molecule has 1 aliphatic rings. The maximum Gasteiger partial charge on any atom is 0.260 e. The van der Waals surface area contributed by atoms with Crippen molar-refractivity contribution in [2.45, 2.75) is 66.0 Å². The molecule has 1 fully saturated rings. The van der Waals surface area contributed by atoms with Gasteiger partial charge >= 0.3 is 0 Å². The first-order valence-electron chi connectivity index (χ1n) is 8.03. The Morgan fingerprint density at radius 1 is 1.23 bits per heavy atom. The van der Waals surface area contributed by atoms with E-state index in [1.807, 2.05) is 24.8 Å². The first-order valence-corrected chi connectivity index (χ1v) is 8.82. The van der Waals surface area contributed by atoms with Crippen molar-refractivity contribution in [2.75, 3.05) is 6.61 Å². The summed E-state index contributed by atoms with van der Waals surface area (Å²) >= 11 is 3.59. The highest BCUT2D eigenvalue weighted by Crippen LogP contribution is 2.31. The van der Waals surface area contributed by atoms with Gasteiger partial charge in [0.25, 0.3) is 5.91 Å². The number of carbonyl (C=O) groups is 1. The number of likely N-dealkylation sites (tertiary alicyclic amines) is 1. The van der Waals surface area contributed by atoms with E-state index in [1.165, 1.54) is 12.0 Å². The standard InChI is InChI=1S/C18H26BrNO2/c1-11-9-16(14(4)15(5)18(11)19)22-10-17(21)20-12(2)7-6-8-13(20)3/h9,12-13H,6-8,10H2,1-5H3/t12-,13-/m0/s1. The van der Waals surface area contributed by atoms with Crippen LogP contribution in [-0.4, -0.2) is 29.5 Å². The Morgan fingerprint density at radius 3 is 2.41 bits per heavy atom. The summed E-state index contributed by atoms with van der Waals surface area (Å²) in [6.45, 7) is 10.5. The lowest BCUT2D eigenvalue weighted by molar-refractivity contribution is -0.139. The van der Waals surface area contributed by atoms with E-state index in [4.69, 9.17) is 4.74 Å². The van der Waals surface area contributed by atoms with Crippen LogP contribution >= 0.6 is 15.9 Å². The lowest BCUT2D eigenvalue weighted by Crippen LogP contribution is -2.49. The van der Waals surface area contributed by atoms with Crippen molar-refractivity contribution in [1.29, 1.82) is 0 Å². The third kappa shape index (κ3) is 3.48. The topological polar surface area (TPSA) is 29.5 Å². The average Bonchev–Trinajstić information content (AvgIpc) is 2.47. The van der Waals surface area contributed by atoms with Crippen molar-refractivity contribution in [2.24, 2.45) is 0 Å². The molecule has 1 heterocycles. The fourth-order valence-electron chi connectivity index (χ4n) is 3.29. The van der Waals surface area contributed by atoms with Gasteiger partial charge in [-0.1, -0.05) is 15.9 Å². The molecule has 0 saturated carbocycles. The number of benzene rings is 1. The van der Waals surface area contributed by atoms with Crippen LogP contribution in [0, 0.1) is 20.8 Å². The first-order chi connectivity index (χ1) is 10.3. The number of nitrogens with zero attached hydrogens (tertiary/aromatic N) is 1. The molecule has 1 aliphatic heterocycles. The number of carbonyl (C=O) groups excluding carboxylic acids is 1. The fourth-order valence-corrected chi connectivity index (χ4v) is 3.70. The molecule has 0 unspecified atom stereocenters. The second-order valence-electron chi connectivity index (χ2n) is 6.47. The summed E-state index contributed by atoms with van der Waals surface area (Å²) in [5, 5.41) is 0. The zero-order chi connectivity index (χ0) is 16.4. The maximum absolute atomic E-state index is 12.5.